The molecule has 0 spiro atoms. The van der Waals surface area contributed by atoms with Gasteiger partial charge in [0.05, 0.1) is 26.2 Å². The maximum Gasteiger partial charge on any atom is 1.00 e. The summed E-state index contributed by atoms with van der Waals surface area (Å²) in [5.41, 5.74) is 0. The summed E-state index contributed by atoms with van der Waals surface area (Å²) >= 11 is 0. The fraction of sp³-hybridized carbons (Fsp3) is 1.00. The molecule has 18 heavy (non-hydrogen) atoms. The van der Waals surface area contributed by atoms with Crippen molar-refractivity contribution in [2.45, 2.75) is 53.4 Å². The van der Waals surface area contributed by atoms with E-state index < -0.39 is 7.25 Å². The molecule has 0 aliphatic rings. The Bertz CT molecular complexity index is 156. The molecule has 0 fully saturated rings. The molecule has 0 aromatic heterocycles. The molecule has 0 rings (SSSR count). The molecule has 112 valence electrons. The van der Waals surface area contributed by atoms with Crippen LogP contribution in [0.15, 0.2) is 0 Å². The lowest BCUT2D eigenvalue weighted by Gasteiger charge is -2.38. The summed E-state index contributed by atoms with van der Waals surface area (Å²) in [6.07, 6.45) is 5.33. The van der Waals surface area contributed by atoms with E-state index in [9.17, 15) is 17.3 Å². The van der Waals surface area contributed by atoms with E-state index in [1.165, 1.54) is 56.3 Å². The van der Waals surface area contributed by atoms with Crippen molar-refractivity contribution in [3.05, 3.63) is 0 Å². The highest BCUT2D eigenvalue weighted by Gasteiger charge is 2.22. The molecule has 0 aromatic carbocycles. The van der Waals surface area contributed by atoms with Crippen molar-refractivity contribution in [1.82, 2.24) is 0 Å². The average molecular weight is 274 g/mol. The van der Waals surface area contributed by atoms with Gasteiger partial charge in [-0.2, -0.15) is 0 Å². The number of hydrogen-bond acceptors (Lipinski definition) is 0. The highest BCUT2D eigenvalue weighted by Crippen LogP contribution is 2.12. The molecular formula is C12H29BF4N+. The maximum absolute atomic E-state index is 9.75. The number of rotatable bonds is 8. The largest absolute Gasteiger partial charge is 1.00 e. The monoisotopic (exact) mass is 274 g/mol. The second-order valence-electron chi connectivity index (χ2n) is 4.73. The predicted octanol–water partition coefficient (Wildman–Crippen LogP) is 4.86. The second kappa shape index (κ2) is 10.6. The third kappa shape index (κ3) is 13.8. The van der Waals surface area contributed by atoms with Crippen LogP contribution in [0.4, 0.5) is 17.3 Å². The first-order valence-corrected chi connectivity index (χ1v) is 6.97. The Morgan fingerprint density at radius 2 is 0.833 bits per heavy atom. The van der Waals surface area contributed by atoms with E-state index >= 15 is 0 Å². The van der Waals surface area contributed by atoms with Crippen molar-refractivity contribution in [1.29, 1.82) is 0 Å². The van der Waals surface area contributed by atoms with E-state index in [0.29, 0.717) is 0 Å². The smallest absolute Gasteiger partial charge is 0.418 e. The zero-order valence-electron chi connectivity index (χ0n) is 13.2. The number of quaternary nitrogens is 1. The summed E-state index contributed by atoms with van der Waals surface area (Å²) in [4.78, 5) is 0. The van der Waals surface area contributed by atoms with Crippen LogP contribution in [0.2, 0.25) is 0 Å². The maximum atomic E-state index is 9.75. The molecule has 0 saturated heterocycles. The summed E-state index contributed by atoms with van der Waals surface area (Å²) in [6.45, 7) is 14.8. The third-order valence-electron chi connectivity index (χ3n) is 2.79. The van der Waals surface area contributed by atoms with Crippen LogP contribution in [-0.2, 0) is 0 Å². The van der Waals surface area contributed by atoms with Gasteiger partial charge >= 0.3 is 8.68 Å². The highest BCUT2D eigenvalue weighted by molar-refractivity contribution is 6.50. The van der Waals surface area contributed by atoms with E-state index in [1.54, 1.807) is 0 Å². The Hall–Kier alpha value is -0.255. The first-order valence-electron chi connectivity index (χ1n) is 6.97. The molecule has 0 saturated carbocycles. The summed E-state index contributed by atoms with van der Waals surface area (Å²) < 4.78 is 40.4. The van der Waals surface area contributed by atoms with Crippen LogP contribution in [0.25, 0.3) is 0 Å². The van der Waals surface area contributed by atoms with Crippen molar-refractivity contribution in [2.75, 3.05) is 26.2 Å². The molecule has 0 radical (unpaired) electrons. The van der Waals surface area contributed by atoms with Gasteiger partial charge in [-0.15, -0.1) is 0 Å². The molecule has 0 N–H and O–H groups in total. The molecule has 0 bridgehead atoms. The van der Waals surface area contributed by atoms with Crippen LogP contribution in [-0.4, -0.2) is 37.9 Å². The Labute approximate surface area is 111 Å². The Morgan fingerprint density at radius 1 is 0.667 bits per heavy atom. The first-order chi connectivity index (χ1) is 8.24. The molecule has 6 heteroatoms. The Morgan fingerprint density at radius 3 is 0.944 bits per heavy atom. The predicted molar refractivity (Wildman–Crippen MR) is 72.2 cm³/mol. The fourth-order valence-electron chi connectivity index (χ4n) is 2.57. The van der Waals surface area contributed by atoms with Gasteiger partial charge < -0.3 is 21.7 Å². The SMILES string of the molecule is CCC[N+](CCC)(CCC)CCC.F[B-](F)(F)F.[H+]. The number of halogens is 4. The summed E-state index contributed by atoms with van der Waals surface area (Å²) in [6, 6.07) is 0. The van der Waals surface area contributed by atoms with Gasteiger partial charge in [-0.3, -0.25) is 0 Å². The molecule has 0 unspecified atom stereocenters. The van der Waals surface area contributed by atoms with Crippen LogP contribution in [0, 0.1) is 0 Å². The van der Waals surface area contributed by atoms with E-state index in [4.69, 9.17) is 0 Å². The minimum atomic E-state index is -6.00. The van der Waals surface area contributed by atoms with Crippen molar-refractivity contribution < 1.29 is 23.2 Å². The second-order valence-corrected chi connectivity index (χ2v) is 4.73. The lowest BCUT2D eigenvalue weighted by molar-refractivity contribution is -0.928. The number of hydrogen-bond donors (Lipinski definition) is 0. The van der Waals surface area contributed by atoms with Crippen molar-refractivity contribution >= 4 is 7.25 Å². The normalized spacial score (nSPS) is 12.0. The van der Waals surface area contributed by atoms with Crippen LogP contribution in [0.5, 0.6) is 0 Å². The van der Waals surface area contributed by atoms with Gasteiger partial charge in [0, 0.05) is 0 Å². The molecule has 0 amide bonds. The zero-order valence-corrected chi connectivity index (χ0v) is 12.2. The van der Waals surface area contributed by atoms with E-state index in [1.807, 2.05) is 0 Å². The van der Waals surface area contributed by atoms with Gasteiger partial charge in [-0.25, -0.2) is 0 Å². The van der Waals surface area contributed by atoms with Crippen LogP contribution < -0.4 is 0 Å². The topological polar surface area (TPSA) is 0 Å². The number of nitrogens with zero attached hydrogens (tertiary/aromatic N) is 1. The Balaban J connectivity index is -0.000000366. The summed E-state index contributed by atoms with van der Waals surface area (Å²) in [5.74, 6) is 0. The molecule has 0 heterocycles. The van der Waals surface area contributed by atoms with Crippen molar-refractivity contribution in [2.24, 2.45) is 0 Å². The van der Waals surface area contributed by atoms with Gasteiger partial charge in [0.1, 0.15) is 0 Å². The Kier molecular flexibility index (Phi) is 11.9. The summed E-state index contributed by atoms with van der Waals surface area (Å²) in [5, 5.41) is 0. The van der Waals surface area contributed by atoms with E-state index in [2.05, 4.69) is 27.7 Å². The van der Waals surface area contributed by atoms with E-state index in [0.717, 1.165) is 0 Å². The van der Waals surface area contributed by atoms with Gasteiger partial charge in [0.25, 0.3) is 0 Å². The van der Waals surface area contributed by atoms with Gasteiger partial charge in [-0.1, -0.05) is 27.7 Å². The molecule has 0 aliphatic heterocycles. The molecule has 1 nitrogen and oxygen atoms in total. The van der Waals surface area contributed by atoms with Gasteiger partial charge in [0.2, 0.25) is 0 Å². The molecule has 0 aliphatic carbocycles. The minimum absolute atomic E-state index is 0. The quantitative estimate of drug-likeness (QED) is 0.337. The lowest BCUT2D eigenvalue weighted by atomic mass is 10.2. The molecule has 0 atom stereocenters. The van der Waals surface area contributed by atoms with E-state index in [-0.39, 0.29) is 1.43 Å². The molecular weight excluding hydrogens is 245 g/mol. The summed E-state index contributed by atoms with van der Waals surface area (Å²) in [7, 11) is -6.00. The van der Waals surface area contributed by atoms with Crippen molar-refractivity contribution in [3.63, 3.8) is 0 Å². The van der Waals surface area contributed by atoms with Gasteiger partial charge in [0.15, 0.2) is 0 Å². The van der Waals surface area contributed by atoms with Crippen molar-refractivity contribution in [3.8, 4) is 0 Å². The zero-order chi connectivity index (χ0) is 14.7. The van der Waals surface area contributed by atoms with Crippen LogP contribution in [0.1, 0.15) is 54.8 Å². The van der Waals surface area contributed by atoms with Gasteiger partial charge in [-0.05, 0) is 25.7 Å². The van der Waals surface area contributed by atoms with Crippen LogP contribution in [0.3, 0.4) is 0 Å². The highest BCUT2D eigenvalue weighted by atomic mass is 19.5. The first kappa shape index (κ1) is 20.1. The lowest BCUT2D eigenvalue weighted by Crippen LogP contribution is -2.50. The van der Waals surface area contributed by atoms with Crippen LogP contribution >= 0.6 is 0 Å². The minimum Gasteiger partial charge on any atom is -0.418 e. The third-order valence-corrected chi connectivity index (χ3v) is 2.79. The molecule has 0 aromatic rings. The average Bonchev–Trinajstić information content (AvgIpc) is 2.16. The fourth-order valence-corrected chi connectivity index (χ4v) is 2.57. The standard InChI is InChI=1S/C12H28N.BF4/c1-5-9-13(10-6-2,11-7-3)12-8-4;2-1(3,4)5/h5-12H2,1-4H3;/q+1;-1/p+1.